The van der Waals surface area contributed by atoms with Crippen LogP contribution in [0, 0.1) is 5.92 Å². The summed E-state index contributed by atoms with van der Waals surface area (Å²) in [5, 5.41) is 19.0. The summed E-state index contributed by atoms with van der Waals surface area (Å²) in [6.45, 7) is 4.19. The molecule has 2 atom stereocenters. The van der Waals surface area contributed by atoms with E-state index >= 15 is 0 Å². The molecule has 0 aliphatic carbocycles. The lowest BCUT2D eigenvalue weighted by Gasteiger charge is -2.16. The van der Waals surface area contributed by atoms with E-state index in [1.807, 2.05) is 13.0 Å². The van der Waals surface area contributed by atoms with Crippen molar-refractivity contribution in [3.05, 3.63) is 54.1 Å². The van der Waals surface area contributed by atoms with E-state index in [1.165, 1.54) is 6.08 Å². The van der Waals surface area contributed by atoms with Gasteiger partial charge in [-0.1, -0.05) is 37.3 Å². The lowest BCUT2D eigenvalue weighted by molar-refractivity contribution is -0.137. The molecule has 0 unspecified atom stereocenters. The fourth-order valence-corrected chi connectivity index (χ4v) is 1.90. The minimum Gasteiger partial charge on any atom is -0.491 e. The molecule has 0 radical (unpaired) electrons. The summed E-state index contributed by atoms with van der Waals surface area (Å²) < 4.78 is 10.0. The Hall–Kier alpha value is -2.11. The Kier molecular flexibility index (Phi) is 8.72. The molecule has 0 fully saturated rings. The molecule has 0 saturated heterocycles. The Bertz CT molecular complexity index is 519. The van der Waals surface area contributed by atoms with E-state index < -0.39 is 6.10 Å². The third-order valence-corrected chi connectivity index (χ3v) is 3.12. The molecule has 126 valence electrons. The van der Waals surface area contributed by atoms with Crippen molar-refractivity contribution in [1.29, 1.82) is 0 Å². The lowest BCUT2D eigenvalue weighted by Crippen LogP contribution is -2.07. The van der Waals surface area contributed by atoms with Crippen LogP contribution in [0.3, 0.4) is 0 Å². The van der Waals surface area contributed by atoms with Gasteiger partial charge < -0.3 is 19.7 Å². The van der Waals surface area contributed by atoms with Gasteiger partial charge in [0.2, 0.25) is 0 Å². The molecule has 0 aliphatic rings. The minimum absolute atomic E-state index is 0.0362. The van der Waals surface area contributed by atoms with Gasteiger partial charge in [0.05, 0.1) is 19.3 Å². The summed E-state index contributed by atoms with van der Waals surface area (Å²) in [5.41, 5.74) is 0.771. The predicted octanol–water partition coefficient (Wildman–Crippen LogP) is 2.40. The second kappa shape index (κ2) is 10.6. The molecule has 0 aliphatic heterocycles. The van der Waals surface area contributed by atoms with Crippen molar-refractivity contribution in [2.45, 2.75) is 20.0 Å². The minimum atomic E-state index is -0.658. The highest BCUT2D eigenvalue weighted by molar-refractivity contribution is 5.82. The number of carbonyl (C=O) groups is 1. The number of aliphatic hydroxyl groups excluding tert-OH is 2. The van der Waals surface area contributed by atoms with Crippen molar-refractivity contribution >= 4 is 5.97 Å². The number of allylic oxidation sites excluding steroid dienone is 2. The summed E-state index contributed by atoms with van der Waals surface area (Å²) in [7, 11) is 0. The van der Waals surface area contributed by atoms with Gasteiger partial charge in [-0.05, 0) is 24.6 Å². The van der Waals surface area contributed by atoms with Crippen LogP contribution in [-0.4, -0.2) is 36.0 Å². The summed E-state index contributed by atoms with van der Waals surface area (Å²) >= 11 is 0. The number of hydrogen-bond acceptors (Lipinski definition) is 5. The van der Waals surface area contributed by atoms with Gasteiger partial charge in [-0.15, -0.1) is 0 Å². The number of rotatable bonds is 9. The molecule has 0 saturated carbocycles. The average Bonchev–Trinajstić information content (AvgIpc) is 2.56. The zero-order valence-electron chi connectivity index (χ0n) is 13.5. The molecule has 0 aromatic heterocycles. The lowest BCUT2D eigenvalue weighted by atomic mass is 9.97. The van der Waals surface area contributed by atoms with Crippen molar-refractivity contribution in [3.8, 4) is 5.75 Å². The molecule has 5 heteroatoms. The molecule has 0 spiro atoms. The van der Waals surface area contributed by atoms with E-state index in [9.17, 15) is 9.90 Å². The summed E-state index contributed by atoms with van der Waals surface area (Å²) in [6, 6.07) is 7.09. The Morgan fingerprint density at radius 1 is 1.26 bits per heavy atom. The fraction of sp³-hybridized carbons (Fsp3) is 0.389. The first kappa shape index (κ1) is 18.9. The van der Waals surface area contributed by atoms with Crippen LogP contribution in [0.4, 0.5) is 0 Å². The van der Waals surface area contributed by atoms with Crippen LogP contribution in [0.2, 0.25) is 0 Å². The largest absolute Gasteiger partial charge is 0.491 e. The van der Waals surface area contributed by atoms with Gasteiger partial charge in [-0.25, -0.2) is 4.79 Å². The van der Waals surface area contributed by atoms with Crippen LogP contribution in [-0.2, 0) is 9.53 Å². The van der Waals surface area contributed by atoms with Crippen molar-refractivity contribution in [1.82, 2.24) is 0 Å². The van der Waals surface area contributed by atoms with Gasteiger partial charge >= 0.3 is 5.97 Å². The fourth-order valence-electron chi connectivity index (χ4n) is 1.90. The molecular weight excluding hydrogens is 296 g/mol. The molecule has 1 aromatic rings. The van der Waals surface area contributed by atoms with E-state index in [0.717, 1.165) is 5.56 Å². The van der Waals surface area contributed by atoms with Crippen molar-refractivity contribution < 1.29 is 24.5 Å². The van der Waals surface area contributed by atoms with Crippen LogP contribution < -0.4 is 4.74 Å². The first-order chi connectivity index (χ1) is 11.1. The maximum absolute atomic E-state index is 11.1. The Balaban J connectivity index is 2.55. The zero-order valence-corrected chi connectivity index (χ0v) is 13.5. The van der Waals surface area contributed by atoms with Gasteiger partial charge in [0.15, 0.2) is 0 Å². The van der Waals surface area contributed by atoms with E-state index in [1.54, 1.807) is 43.3 Å². The van der Waals surface area contributed by atoms with E-state index in [4.69, 9.17) is 14.6 Å². The third kappa shape index (κ3) is 7.13. The number of hydrogen-bond donors (Lipinski definition) is 2. The second-order valence-electron chi connectivity index (χ2n) is 4.94. The smallest absolute Gasteiger partial charge is 0.330 e. The number of ether oxygens (including phenoxy) is 2. The first-order valence-corrected chi connectivity index (χ1v) is 7.61. The highest BCUT2D eigenvalue weighted by Crippen LogP contribution is 2.24. The third-order valence-electron chi connectivity index (χ3n) is 3.12. The monoisotopic (exact) mass is 320 g/mol. The molecular formula is C18H24O5. The average molecular weight is 320 g/mol. The number of aliphatic hydroxyl groups is 2. The van der Waals surface area contributed by atoms with Gasteiger partial charge in [-0.3, -0.25) is 0 Å². The molecule has 0 bridgehead atoms. The highest BCUT2D eigenvalue weighted by atomic mass is 16.5. The molecule has 23 heavy (non-hydrogen) atoms. The second-order valence-corrected chi connectivity index (χ2v) is 4.94. The van der Waals surface area contributed by atoms with Gasteiger partial charge in [-0.2, -0.15) is 0 Å². The summed E-state index contributed by atoms with van der Waals surface area (Å²) in [6.07, 6.45) is 5.80. The van der Waals surface area contributed by atoms with Crippen LogP contribution >= 0.6 is 0 Å². The van der Waals surface area contributed by atoms with Gasteiger partial charge in [0.1, 0.15) is 12.4 Å². The number of esters is 1. The maximum Gasteiger partial charge on any atom is 0.330 e. The van der Waals surface area contributed by atoms with Crippen molar-refractivity contribution in [2.75, 3.05) is 19.8 Å². The van der Waals surface area contributed by atoms with E-state index in [0.29, 0.717) is 12.4 Å². The van der Waals surface area contributed by atoms with Crippen LogP contribution in [0.1, 0.15) is 25.5 Å². The van der Waals surface area contributed by atoms with E-state index in [-0.39, 0.29) is 25.1 Å². The van der Waals surface area contributed by atoms with Crippen LogP contribution in [0.15, 0.2) is 48.6 Å². The summed E-state index contributed by atoms with van der Waals surface area (Å²) in [4.78, 5) is 11.1. The van der Waals surface area contributed by atoms with Crippen LogP contribution in [0.25, 0.3) is 0 Å². The SMILES string of the molecule is CCOC(=O)/C=C/C=C/[C@@H](C)[C@@H](O)c1ccc(OCCO)cc1. The number of carbonyl (C=O) groups excluding carboxylic acids is 1. The summed E-state index contributed by atoms with van der Waals surface area (Å²) in [5.74, 6) is 0.144. The molecule has 1 rings (SSSR count). The van der Waals surface area contributed by atoms with Gasteiger partial charge in [0.25, 0.3) is 0 Å². The normalized spacial score (nSPS) is 14.1. The zero-order chi connectivity index (χ0) is 17.1. The van der Waals surface area contributed by atoms with E-state index in [2.05, 4.69) is 0 Å². The predicted molar refractivity (Wildman–Crippen MR) is 88.1 cm³/mol. The van der Waals surface area contributed by atoms with Gasteiger partial charge in [0, 0.05) is 12.0 Å². The Morgan fingerprint density at radius 2 is 1.96 bits per heavy atom. The van der Waals surface area contributed by atoms with Crippen molar-refractivity contribution in [2.24, 2.45) is 5.92 Å². The molecule has 0 heterocycles. The van der Waals surface area contributed by atoms with Crippen molar-refractivity contribution in [3.63, 3.8) is 0 Å². The number of benzene rings is 1. The first-order valence-electron chi connectivity index (χ1n) is 7.61. The molecule has 1 aromatic carbocycles. The molecule has 2 N–H and O–H groups in total. The Morgan fingerprint density at radius 3 is 2.57 bits per heavy atom. The quantitative estimate of drug-likeness (QED) is 0.415. The molecule has 0 amide bonds. The molecule has 5 nitrogen and oxygen atoms in total. The topological polar surface area (TPSA) is 76.0 Å². The highest BCUT2D eigenvalue weighted by Gasteiger charge is 2.13. The van der Waals surface area contributed by atoms with Crippen LogP contribution in [0.5, 0.6) is 5.75 Å². The standard InChI is InChI=1S/C18H24O5/c1-3-22-17(20)7-5-4-6-14(2)18(21)15-8-10-16(11-9-15)23-13-12-19/h4-11,14,18-19,21H,3,12-13H2,1-2H3/b6-4+,7-5+/t14-,18-/m1/s1. The maximum atomic E-state index is 11.1. The Labute approximate surface area is 136 Å².